The molecule has 9 atom stereocenters. The third-order valence-electron chi connectivity index (χ3n) is 11.6. The maximum atomic E-state index is 10.4. The normalized spacial score (nSPS) is 37.6. The fourth-order valence-corrected chi connectivity index (χ4v) is 9.75. The van der Waals surface area contributed by atoms with E-state index in [4.69, 9.17) is 9.16 Å². The molecule has 0 amide bonds. The van der Waals surface area contributed by atoms with E-state index in [1.807, 2.05) is 6.92 Å². The predicted molar refractivity (Wildman–Crippen MR) is 163 cm³/mol. The van der Waals surface area contributed by atoms with Crippen molar-refractivity contribution in [1.29, 1.82) is 0 Å². The zero-order valence-electron chi connectivity index (χ0n) is 25.7. The second-order valence-corrected chi connectivity index (χ2v) is 15.7. The van der Waals surface area contributed by atoms with Gasteiger partial charge in [0.15, 0.2) is 9.76 Å². The van der Waals surface area contributed by atoms with Gasteiger partial charge in [0.25, 0.3) is 0 Å². The molecule has 4 rings (SSSR count). The number of aliphatic hydroxyl groups excluding tert-OH is 1. The van der Waals surface area contributed by atoms with Crippen LogP contribution in [0.4, 0.5) is 0 Å². The molecule has 3 nitrogen and oxygen atoms in total. The van der Waals surface area contributed by atoms with Gasteiger partial charge in [0.05, 0.1) is 18.8 Å². The van der Waals surface area contributed by atoms with Gasteiger partial charge in [0.2, 0.25) is 0 Å². The number of hydrogen-bond donors (Lipinski definition) is 1. The Labute approximate surface area is 236 Å². The van der Waals surface area contributed by atoms with E-state index < -0.39 is 9.76 Å². The van der Waals surface area contributed by atoms with Crippen molar-refractivity contribution in [2.45, 2.75) is 118 Å². The Morgan fingerprint density at radius 2 is 1.82 bits per heavy atom. The van der Waals surface area contributed by atoms with E-state index in [1.54, 1.807) is 11.1 Å². The Morgan fingerprint density at radius 3 is 2.55 bits per heavy atom. The topological polar surface area (TPSA) is 38.7 Å². The van der Waals surface area contributed by atoms with E-state index in [1.165, 1.54) is 32.1 Å². The number of rotatable bonds is 12. The van der Waals surface area contributed by atoms with E-state index in [-0.39, 0.29) is 12.2 Å². The van der Waals surface area contributed by atoms with Crippen LogP contribution >= 0.6 is 0 Å². The van der Waals surface area contributed by atoms with Crippen LogP contribution in [0.1, 0.15) is 99.8 Å². The molecule has 0 aromatic heterocycles. The second-order valence-electron chi connectivity index (χ2n) is 14.1. The Morgan fingerprint density at radius 1 is 1.03 bits per heavy atom. The zero-order valence-corrected chi connectivity index (χ0v) is 27.1. The fourth-order valence-electron chi connectivity index (χ4n) is 8.62. The molecule has 4 aliphatic carbocycles. The third-order valence-corrected chi connectivity index (χ3v) is 13.0. The molecular formula is C34H58O3Si. The van der Waals surface area contributed by atoms with Gasteiger partial charge in [-0.25, -0.2) is 0 Å². The minimum absolute atomic E-state index is 0.258. The quantitative estimate of drug-likeness (QED) is 0.156. The Balaban J connectivity index is 1.39. The van der Waals surface area contributed by atoms with Crippen molar-refractivity contribution in [2.24, 2.45) is 46.3 Å². The maximum Gasteiger partial charge on any atom is 0.161 e. The zero-order chi connectivity index (χ0) is 27.5. The lowest BCUT2D eigenvalue weighted by molar-refractivity contribution is -0.0349. The van der Waals surface area contributed by atoms with E-state index in [0.29, 0.717) is 41.1 Å². The summed E-state index contributed by atoms with van der Waals surface area (Å²) < 4.78 is 11.8. The minimum Gasteiger partial charge on any atom is -0.424 e. The standard InChI is InChI=1S/C34H58O3Si/c1-8-37-38-20-17-27(35)22-36-28-15-18-33(6)26(21-28)11-12-29-31-14-13-30(34(31,7)19-16-32(29)33)25(5)10-9-24(4)23(2)3/h9-12,23-25,27-28,30-32,35H,8,13-22,38H2,1-7H3/b10-9+/t24-,25+,27?,28-,30+,31-,32-,33-,34+/m0/s1. The second kappa shape index (κ2) is 12.9. The summed E-state index contributed by atoms with van der Waals surface area (Å²) in [6, 6.07) is 1.04. The molecule has 4 heteroatoms. The van der Waals surface area contributed by atoms with Gasteiger partial charge in [-0.3, -0.25) is 0 Å². The van der Waals surface area contributed by atoms with Crippen LogP contribution in [0.3, 0.4) is 0 Å². The van der Waals surface area contributed by atoms with Gasteiger partial charge in [-0.2, -0.15) is 0 Å². The van der Waals surface area contributed by atoms with Gasteiger partial charge < -0.3 is 14.3 Å². The lowest BCUT2D eigenvalue weighted by Crippen LogP contribution is -2.46. The van der Waals surface area contributed by atoms with Crippen LogP contribution in [-0.2, 0) is 9.16 Å². The SMILES string of the molecule is CCO[SiH2]CCC(O)CO[C@H]1CC[C@@]2(C)C(=CC=C3[C@@H]4CC[C@H]([C@H](C)/C=C/[C@H](C)C(C)C)[C@@]4(C)CC[C@@H]32)C1. The average molecular weight is 543 g/mol. The van der Waals surface area contributed by atoms with E-state index >= 15 is 0 Å². The number of hydrogen-bond acceptors (Lipinski definition) is 3. The number of aliphatic hydroxyl groups is 1. The summed E-state index contributed by atoms with van der Waals surface area (Å²) in [5, 5.41) is 10.4. The molecule has 0 heterocycles. The van der Waals surface area contributed by atoms with Crippen molar-refractivity contribution in [3.05, 3.63) is 35.5 Å². The highest BCUT2D eigenvalue weighted by molar-refractivity contribution is 6.26. The molecule has 0 saturated heterocycles. The predicted octanol–water partition coefficient (Wildman–Crippen LogP) is 7.64. The summed E-state index contributed by atoms with van der Waals surface area (Å²) in [5.41, 5.74) is 4.13. The van der Waals surface area contributed by atoms with Crippen LogP contribution in [-0.4, -0.2) is 40.3 Å². The largest absolute Gasteiger partial charge is 0.424 e. The van der Waals surface area contributed by atoms with Gasteiger partial charge in [-0.15, -0.1) is 0 Å². The van der Waals surface area contributed by atoms with Crippen molar-refractivity contribution in [2.75, 3.05) is 13.2 Å². The summed E-state index contributed by atoms with van der Waals surface area (Å²) in [6.45, 7) is 18.1. The van der Waals surface area contributed by atoms with Crippen LogP contribution in [0, 0.1) is 46.3 Å². The Bertz CT molecular complexity index is 877. The summed E-state index contributed by atoms with van der Waals surface area (Å²) >= 11 is 0. The minimum atomic E-state index is -0.467. The average Bonchev–Trinajstić information content (AvgIpc) is 3.25. The van der Waals surface area contributed by atoms with Gasteiger partial charge in [0, 0.05) is 6.61 Å². The molecule has 0 bridgehead atoms. The van der Waals surface area contributed by atoms with Crippen molar-refractivity contribution < 1.29 is 14.3 Å². The van der Waals surface area contributed by atoms with Crippen LogP contribution in [0.25, 0.3) is 0 Å². The van der Waals surface area contributed by atoms with E-state index in [2.05, 4.69) is 65.8 Å². The smallest absolute Gasteiger partial charge is 0.161 e. The van der Waals surface area contributed by atoms with Crippen molar-refractivity contribution in [3.63, 3.8) is 0 Å². The highest BCUT2D eigenvalue weighted by Gasteiger charge is 2.56. The van der Waals surface area contributed by atoms with E-state index in [9.17, 15) is 5.11 Å². The Hall–Kier alpha value is -0.683. The van der Waals surface area contributed by atoms with Gasteiger partial charge in [-0.05, 0) is 111 Å². The highest BCUT2D eigenvalue weighted by Crippen LogP contribution is 2.66. The molecule has 1 unspecified atom stereocenters. The van der Waals surface area contributed by atoms with Gasteiger partial charge in [0.1, 0.15) is 0 Å². The van der Waals surface area contributed by atoms with Crippen LogP contribution < -0.4 is 0 Å². The fraction of sp³-hybridized carbons (Fsp3) is 0.824. The molecule has 1 N–H and O–H groups in total. The number of allylic oxidation sites excluding steroid dienone is 5. The number of ether oxygens (including phenoxy) is 1. The Kier molecular flexibility index (Phi) is 10.3. The van der Waals surface area contributed by atoms with Crippen molar-refractivity contribution >= 4 is 9.76 Å². The van der Waals surface area contributed by atoms with E-state index in [0.717, 1.165) is 43.7 Å². The number of fused-ring (bicyclic) bond motifs is 5. The van der Waals surface area contributed by atoms with Crippen LogP contribution in [0.2, 0.25) is 6.04 Å². The first-order valence-corrected chi connectivity index (χ1v) is 17.6. The molecule has 216 valence electrons. The first-order valence-electron chi connectivity index (χ1n) is 16.1. The lowest BCUT2D eigenvalue weighted by atomic mass is 9.50. The first-order chi connectivity index (χ1) is 18.1. The molecule has 38 heavy (non-hydrogen) atoms. The monoisotopic (exact) mass is 542 g/mol. The molecule has 0 spiro atoms. The van der Waals surface area contributed by atoms with Crippen LogP contribution in [0.15, 0.2) is 35.5 Å². The molecule has 0 radical (unpaired) electrons. The highest BCUT2D eigenvalue weighted by atomic mass is 28.2. The molecule has 3 saturated carbocycles. The molecule has 0 aromatic rings. The lowest BCUT2D eigenvalue weighted by Gasteiger charge is -2.55. The molecule has 0 aromatic carbocycles. The van der Waals surface area contributed by atoms with Crippen molar-refractivity contribution in [1.82, 2.24) is 0 Å². The van der Waals surface area contributed by atoms with Gasteiger partial charge in [-0.1, -0.05) is 77.0 Å². The van der Waals surface area contributed by atoms with Crippen LogP contribution in [0.5, 0.6) is 0 Å². The maximum absolute atomic E-state index is 10.4. The molecule has 3 fully saturated rings. The molecule has 4 aliphatic rings. The van der Waals surface area contributed by atoms with Gasteiger partial charge >= 0.3 is 0 Å². The summed E-state index contributed by atoms with van der Waals surface area (Å²) in [5.74, 6) is 4.30. The summed E-state index contributed by atoms with van der Waals surface area (Å²) in [4.78, 5) is 0. The summed E-state index contributed by atoms with van der Waals surface area (Å²) in [6.07, 6.45) is 19.7. The molecule has 0 aliphatic heterocycles. The van der Waals surface area contributed by atoms with Crippen molar-refractivity contribution in [3.8, 4) is 0 Å². The first kappa shape index (κ1) is 30.3. The summed E-state index contributed by atoms with van der Waals surface area (Å²) in [7, 11) is -0.467. The third kappa shape index (κ3) is 6.29. The molecular weight excluding hydrogens is 484 g/mol.